The van der Waals surface area contributed by atoms with Crippen molar-refractivity contribution < 1.29 is 0 Å². The Morgan fingerprint density at radius 3 is 3.38 bits per heavy atom. The van der Waals surface area contributed by atoms with Crippen molar-refractivity contribution in [1.29, 1.82) is 0 Å². The third kappa shape index (κ3) is 0.968. The van der Waals surface area contributed by atoms with Gasteiger partial charge in [-0.25, -0.2) is 9.97 Å². The molecule has 3 heterocycles. The van der Waals surface area contributed by atoms with Gasteiger partial charge in [0.25, 0.3) is 0 Å². The fourth-order valence-corrected chi connectivity index (χ4v) is 2.19. The Morgan fingerprint density at radius 1 is 1.38 bits per heavy atom. The van der Waals surface area contributed by atoms with Crippen molar-refractivity contribution in [2.24, 2.45) is 0 Å². The van der Waals surface area contributed by atoms with E-state index in [0.29, 0.717) is 0 Å². The molecule has 2 aromatic heterocycles. The molecule has 0 saturated carbocycles. The second-order valence-corrected chi connectivity index (χ2v) is 3.74. The minimum absolute atomic E-state index is 0.749. The van der Waals surface area contributed by atoms with E-state index >= 15 is 0 Å². The lowest BCUT2D eigenvalue weighted by molar-refractivity contribution is 1.06. The van der Waals surface area contributed by atoms with Gasteiger partial charge in [0.2, 0.25) is 0 Å². The monoisotopic (exact) mass is 190 g/mol. The first-order valence-corrected chi connectivity index (χ1v) is 4.92. The normalized spacial score (nSPS) is 14.8. The molecule has 1 N–H and O–H groups in total. The van der Waals surface area contributed by atoms with Crippen LogP contribution in [0.15, 0.2) is 17.4 Å². The molecule has 0 saturated heterocycles. The first-order valence-electron chi connectivity index (χ1n) is 3.93. The number of H-pyrrole nitrogens is 1. The summed E-state index contributed by atoms with van der Waals surface area (Å²) in [6.07, 6.45) is 5.68. The van der Waals surface area contributed by atoms with Crippen LogP contribution in [-0.2, 0) is 0 Å². The van der Waals surface area contributed by atoms with Gasteiger partial charge < -0.3 is 0 Å². The van der Waals surface area contributed by atoms with Crippen LogP contribution >= 0.6 is 11.8 Å². The van der Waals surface area contributed by atoms with Crippen molar-refractivity contribution in [3.63, 3.8) is 0 Å². The van der Waals surface area contributed by atoms with Gasteiger partial charge in [-0.2, -0.15) is 5.10 Å². The van der Waals surface area contributed by atoms with Gasteiger partial charge in [0.1, 0.15) is 11.4 Å². The van der Waals surface area contributed by atoms with Crippen LogP contribution in [0.2, 0.25) is 0 Å². The molecule has 5 heteroatoms. The maximum absolute atomic E-state index is 4.22. The topological polar surface area (TPSA) is 54.5 Å². The van der Waals surface area contributed by atoms with Crippen LogP contribution in [0.5, 0.6) is 0 Å². The molecule has 0 aromatic carbocycles. The largest absolute Gasteiger partial charge is 0.276 e. The van der Waals surface area contributed by atoms with Gasteiger partial charge in [-0.1, -0.05) is 6.08 Å². The minimum Gasteiger partial charge on any atom is -0.276 e. The zero-order valence-corrected chi connectivity index (χ0v) is 7.51. The summed E-state index contributed by atoms with van der Waals surface area (Å²) in [5, 5.41) is 9.09. The Labute approximate surface area is 78.5 Å². The molecule has 4 nitrogen and oxygen atoms in total. The van der Waals surface area contributed by atoms with Crippen molar-refractivity contribution in [2.75, 3.05) is 5.75 Å². The second kappa shape index (κ2) is 2.56. The maximum Gasteiger partial charge on any atom is 0.185 e. The number of hydrogen-bond donors (Lipinski definition) is 1. The lowest BCUT2D eigenvalue weighted by Gasteiger charge is -1.95. The van der Waals surface area contributed by atoms with E-state index in [9.17, 15) is 0 Å². The first kappa shape index (κ1) is 7.08. The zero-order valence-electron chi connectivity index (χ0n) is 6.69. The third-order valence-corrected chi connectivity index (χ3v) is 2.89. The van der Waals surface area contributed by atoms with Crippen LogP contribution in [0.25, 0.3) is 17.1 Å². The van der Waals surface area contributed by atoms with Gasteiger partial charge in [-0.3, -0.25) is 5.10 Å². The van der Waals surface area contributed by atoms with Crippen LogP contribution < -0.4 is 0 Å². The minimum atomic E-state index is 0.749. The van der Waals surface area contributed by atoms with Gasteiger partial charge in [0.05, 0.1) is 11.1 Å². The highest BCUT2D eigenvalue weighted by Crippen LogP contribution is 2.29. The van der Waals surface area contributed by atoms with Crippen LogP contribution in [0, 0.1) is 0 Å². The number of nitrogens with one attached hydrogen (secondary N) is 1. The molecule has 0 bridgehead atoms. The first-order chi connectivity index (χ1) is 6.45. The average Bonchev–Trinajstić information content (AvgIpc) is 2.44. The quantitative estimate of drug-likeness (QED) is 0.639. The standard InChI is InChI=1S/C8H6N4S/c1-2-5-6-7(12-11-5)9-4-10-8(6)13-3-1/h1-2,4H,3H2,(H,9,10,11,12). The van der Waals surface area contributed by atoms with Crippen molar-refractivity contribution in [3.05, 3.63) is 18.1 Å². The van der Waals surface area contributed by atoms with E-state index in [4.69, 9.17) is 0 Å². The number of rotatable bonds is 0. The summed E-state index contributed by atoms with van der Waals surface area (Å²) in [4.78, 5) is 8.31. The summed E-state index contributed by atoms with van der Waals surface area (Å²) >= 11 is 1.71. The Hall–Kier alpha value is -1.36. The molecule has 0 amide bonds. The molecule has 0 spiro atoms. The molecule has 0 fully saturated rings. The lowest BCUT2D eigenvalue weighted by atomic mass is 10.3. The zero-order chi connectivity index (χ0) is 8.67. The number of aromatic nitrogens is 4. The molecule has 64 valence electrons. The summed E-state index contributed by atoms with van der Waals surface area (Å²) < 4.78 is 0. The number of nitrogens with zero attached hydrogens (tertiary/aromatic N) is 3. The molecule has 2 aromatic rings. The van der Waals surface area contributed by atoms with Gasteiger partial charge in [-0.05, 0) is 6.08 Å². The van der Waals surface area contributed by atoms with Crippen molar-refractivity contribution in [3.8, 4) is 0 Å². The van der Waals surface area contributed by atoms with E-state index in [1.807, 2.05) is 6.08 Å². The molecule has 0 aliphatic carbocycles. The van der Waals surface area contributed by atoms with E-state index < -0.39 is 0 Å². The van der Waals surface area contributed by atoms with Crippen LogP contribution in [0.1, 0.15) is 5.69 Å². The number of thioether (sulfide) groups is 1. The van der Waals surface area contributed by atoms with E-state index in [-0.39, 0.29) is 0 Å². The molecular weight excluding hydrogens is 184 g/mol. The maximum atomic E-state index is 4.22. The number of aromatic amines is 1. The molecule has 0 atom stereocenters. The Morgan fingerprint density at radius 2 is 2.38 bits per heavy atom. The van der Waals surface area contributed by atoms with Crippen molar-refractivity contribution in [1.82, 2.24) is 20.2 Å². The highest BCUT2D eigenvalue weighted by atomic mass is 32.2. The smallest absolute Gasteiger partial charge is 0.185 e. The van der Waals surface area contributed by atoms with Crippen molar-refractivity contribution in [2.45, 2.75) is 5.03 Å². The molecule has 1 aliphatic rings. The van der Waals surface area contributed by atoms with E-state index in [0.717, 1.165) is 27.5 Å². The highest BCUT2D eigenvalue weighted by Gasteiger charge is 2.12. The van der Waals surface area contributed by atoms with Crippen LogP contribution in [-0.4, -0.2) is 25.9 Å². The second-order valence-electron chi connectivity index (χ2n) is 2.73. The molecule has 13 heavy (non-hydrogen) atoms. The predicted octanol–water partition coefficient (Wildman–Crippen LogP) is 1.47. The molecule has 1 aliphatic heterocycles. The van der Waals surface area contributed by atoms with Gasteiger partial charge >= 0.3 is 0 Å². The lowest BCUT2D eigenvalue weighted by Crippen LogP contribution is -1.84. The van der Waals surface area contributed by atoms with Crippen LogP contribution in [0.4, 0.5) is 0 Å². The van der Waals surface area contributed by atoms with Gasteiger partial charge in [0, 0.05) is 5.75 Å². The molecule has 0 radical (unpaired) electrons. The molecule has 0 unspecified atom stereocenters. The fraction of sp³-hybridized carbons (Fsp3) is 0.125. The highest BCUT2D eigenvalue weighted by molar-refractivity contribution is 7.99. The van der Waals surface area contributed by atoms with Crippen molar-refractivity contribution >= 4 is 28.9 Å². The summed E-state index contributed by atoms with van der Waals surface area (Å²) in [5.41, 5.74) is 1.76. The summed E-state index contributed by atoms with van der Waals surface area (Å²) in [7, 11) is 0. The molecular formula is C8H6N4S. The Balaban J connectivity index is 2.48. The van der Waals surface area contributed by atoms with E-state index in [1.54, 1.807) is 18.1 Å². The summed E-state index contributed by atoms with van der Waals surface area (Å²) in [6, 6.07) is 0. The summed E-state index contributed by atoms with van der Waals surface area (Å²) in [5.74, 6) is 0.953. The van der Waals surface area contributed by atoms with Crippen LogP contribution in [0.3, 0.4) is 0 Å². The van der Waals surface area contributed by atoms with E-state index in [1.165, 1.54) is 0 Å². The number of hydrogen-bond acceptors (Lipinski definition) is 4. The predicted molar refractivity (Wildman–Crippen MR) is 51.4 cm³/mol. The molecule has 3 rings (SSSR count). The third-order valence-electron chi connectivity index (χ3n) is 1.94. The fourth-order valence-electron chi connectivity index (χ4n) is 1.37. The Bertz CT molecular complexity index is 488. The Kier molecular flexibility index (Phi) is 1.40. The SMILES string of the molecule is C1=Cc2[nH]nc3ncnc(c23)SC1. The van der Waals surface area contributed by atoms with Gasteiger partial charge in [-0.15, -0.1) is 11.8 Å². The van der Waals surface area contributed by atoms with E-state index in [2.05, 4.69) is 26.2 Å². The summed E-state index contributed by atoms with van der Waals surface area (Å²) in [6.45, 7) is 0. The average molecular weight is 190 g/mol. The van der Waals surface area contributed by atoms with Gasteiger partial charge in [0.15, 0.2) is 5.65 Å².